The van der Waals surface area contributed by atoms with Crippen molar-refractivity contribution in [3.63, 3.8) is 0 Å². The topological polar surface area (TPSA) is 80.8 Å². The van der Waals surface area contributed by atoms with Gasteiger partial charge >= 0.3 is 10.1 Å². The molecule has 0 amide bonds. The van der Waals surface area contributed by atoms with Gasteiger partial charge in [-0.05, 0) is 99.5 Å². The van der Waals surface area contributed by atoms with E-state index in [1.807, 2.05) is 7.05 Å². The number of benzene rings is 2. The van der Waals surface area contributed by atoms with Crippen molar-refractivity contribution >= 4 is 65.1 Å². The highest BCUT2D eigenvalue weighted by atomic mass is 79.9. The van der Waals surface area contributed by atoms with Gasteiger partial charge < -0.3 is 9.08 Å². The molecule has 2 aromatic rings. The molecular weight excluding hydrogens is 634 g/mol. The Bertz CT molecular complexity index is 1400. The SMILES string of the molecule is CN1C2=C(C(=O)CCC2)C(c2cc(Br)c(OS(=O)(=O)c3ccc(Cl)cc3)c(Br)c2)C2=C1CCCC2=O. The van der Waals surface area contributed by atoms with Crippen LogP contribution in [0.25, 0.3) is 0 Å². The summed E-state index contributed by atoms with van der Waals surface area (Å²) in [5.74, 6) is -0.317. The van der Waals surface area contributed by atoms with Gasteiger partial charge in [0.15, 0.2) is 17.3 Å². The van der Waals surface area contributed by atoms with E-state index in [-0.39, 0.29) is 22.2 Å². The molecule has 0 radical (unpaired) electrons. The minimum atomic E-state index is -4.13. The average molecular weight is 656 g/mol. The molecule has 0 N–H and O–H groups in total. The van der Waals surface area contributed by atoms with E-state index in [0.717, 1.165) is 42.6 Å². The monoisotopic (exact) mass is 653 g/mol. The third-order valence-electron chi connectivity index (χ3n) is 6.89. The summed E-state index contributed by atoms with van der Waals surface area (Å²) in [5, 5.41) is 0.413. The van der Waals surface area contributed by atoms with Crippen molar-refractivity contribution in [1.29, 1.82) is 0 Å². The van der Waals surface area contributed by atoms with Crippen molar-refractivity contribution in [3.8, 4) is 5.75 Å². The summed E-state index contributed by atoms with van der Waals surface area (Å²) in [6.45, 7) is 0. The van der Waals surface area contributed by atoms with E-state index < -0.39 is 16.0 Å². The fraction of sp³-hybridized carbons (Fsp3) is 0.308. The van der Waals surface area contributed by atoms with Crippen molar-refractivity contribution in [2.75, 3.05) is 7.05 Å². The molecule has 2 aliphatic carbocycles. The Labute approximate surface area is 231 Å². The fourth-order valence-electron chi connectivity index (χ4n) is 5.27. The summed E-state index contributed by atoms with van der Waals surface area (Å²) in [4.78, 5) is 28.4. The predicted octanol–water partition coefficient (Wildman–Crippen LogP) is 6.68. The van der Waals surface area contributed by atoms with Crippen molar-refractivity contribution in [2.45, 2.75) is 49.3 Å². The Morgan fingerprint density at radius 1 is 0.889 bits per heavy atom. The average Bonchev–Trinajstić information content (AvgIpc) is 2.83. The summed E-state index contributed by atoms with van der Waals surface area (Å²) in [5.41, 5.74) is 4.01. The lowest BCUT2D eigenvalue weighted by Crippen LogP contribution is -2.37. The second-order valence-electron chi connectivity index (χ2n) is 9.07. The van der Waals surface area contributed by atoms with E-state index in [0.29, 0.717) is 38.0 Å². The third-order valence-corrected chi connectivity index (χ3v) is 9.56. The molecule has 1 heterocycles. The Morgan fingerprint density at radius 2 is 1.39 bits per heavy atom. The first-order valence-electron chi connectivity index (χ1n) is 11.5. The summed E-state index contributed by atoms with van der Waals surface area (Å²) in [6, 6.07) is 9.18. The van der Waals surface area contributed by atoms with Crippen molar-refractivity contribution in [2.24, 2.45) is 0 Å². The number of carbonyl (C=O) groups is 2. The lowest BCUT2D eigenvalue weighted by Gasteiger charge is -2.42. The minimum absolute atomic E-state index is 0.0321. The molecule has 2 aromatic carbocycles. The lowest BCUT2D eigenvalue weighted by atomic mass is 9.71. The number of rotatable bonds is 4. The quantitative estimate of drug-likeness (QED) is 0.342. The van der Waals surface area contributed by atoms with Crippen LogP contribution in [0.15, 0.2) is 72.8 Å². The maximum atomic E-state index is 13.2. The molecule has 0 aromatic heterocycles. The molecule has 36 heavy (non-hydrogen) atoms. The number of halogens is 3. The first kappa shape index (κ1) is 25.7. The van der Waals surface area contributed by atoms with Crippen LogP contribution in [0.1, 0.15) is 50.0 Å². The second kappa shape index (κ2) is 9.74. The number of allylic oxidation sites excluding steroid dienone is 4. The number of carbonyl (C=O) groups excluding carboxylic acids is 2. The van der Waals surface area contributed by atoms with Crippen LogP contribution in [-0.2, 0) is 19.7 Å². The first-order valence-corrected chi connectivity index (χ1v) is 14.9. The summed E-state index contributed by atoms with van der Waals surface area (Å²) in [6.07, 6.45) is 4.03. The maximum absolute atomic E-state index is 13.2. The van der Waals surface area contributed by atoms with Gasteiger partial charge in [0.05, 0.1) is 8.95 Å². The molecule has 3 aliphatic rings. The molecule has 6 nitrogen and oxygen atoms in total. The van der Waals surface area contributed by atoms with E-state index in [1.165, 1.54) is 24.3 Å². The summed E-state index contributed by atoms with van der Waals surface area (Å²) >= 11 is 12.8. The van der Waals surface area contributed by atoms with Gasteiger partial charge in [0.25, 0.3) is 0 Å². The third kappa shape index (κ3) is 4.48. The highest BCUT2D eigenvalue weighted by molar-refractivity contribution is 9.11. The highest BCUT2D eigenvalue weighted by Crippen LogP contribution is 2.50. The maximum Gasteiger partial charge on any atom is 0.339 e. The molecule has 0 fully saturated rings. The molecular formula is C26H22Br2ClNO5S. The second-order valence-corrected chi connectivity index (χ2v) is 12.8. The number of nitrogens with zero attached hydrogens (tertiary/aromatic N) is 1. The molecule has 0 atom stereocenters. The van der Waals surface area contributed by atoms with Gasteiger partial charge in [-0.1, -0.05) is 11.6 Å². The van der Waals surface area contributed by atoms with Gasteiger partial charge in [-0.3, -0.25) is 9.59 Å². The van der Waals surface area contributed by atoms with Gasteiger partial charge in [-0.25, -0.2) is 0 Å². The van der Waals surface area contributed by atoms with E-state index in [4.69, 9.17) is 15.8 Å². The Balaban J connectivity index is 1.60. The summed E-state index contributed by atoms with van der Waals surface area (Å²) < 4.78 is 32.0. The van der Waals surface area contributed by atoms with Crippen LogP contribution in [0.3, 0.4) is 0 Å². The zero-order valence-electron chi connectivity index (χ0n) is 19.3. The number of Topliss-reactive ketones (excluding diaryl/α,β-unsaturated/α-hetero) is 2. The van der Waals surface area contributed by atoms with Crippen LogP contribution >= 0.6 is 43.5 Å². The van der Waals surface area contributed by atoms with E-state index in [1.54, 1.807) is 12.1 Å². The molecule has 0 unspecified atom stereocenters. The molecule has 5 rings (SSSR count). The zero-order chi connectivity index (χ0) is 25.8. The number of ketones is 2. The highest BCUT2D eigenvalue weighted by Gasteiger charge is 2.42. The van der Waals surface area contributed by atoms with Gasteiger partial charge in [0.1, 0.15) is 4.90 Å². The van der Waals surface area contributed by atoms with Crippen molar-refractivity contribution < 1.29 is 22.2 Å². The predicted molar refractivity (Wildman–Crippen MR) is 143 cm³/mol. The Kier molecular flexibility index (Phi) is 6.95. The molecule has 0 bridgehead atoms. The van der Waals surface area contributed by atoms with Crippen LogP contribution in [0.5, 0.6) is 5.75 Å². The smallest absolute Gasteiger partial charge is 0.339 e. The van der Waals surface area contributed by atoms with Gasteiger partial charge in [0, 0.05) is 53.4 Å². The molecule has 188 valence electrons. The first-order chi connectivity index (χ1) is 17.1. The van der Waals surface area contributed by atoms with Gasteiger partial charge in [0.2, 0.25) is 0 Å². The van der Waals surface area contributed by atoms with Crippen LogP contribution in [0.2, 0.25) is 5.02 Å². The van der Waals surface area contributed by atoms with Crippen LogP contribution < -0.4 is 4.18 Å². The Hall–Kier alpha value is -1.94. The molecule has 1 aliphatic heterocycles. The lowest BCUT2D eigenvalue weighted by molar-refractivity contribution is -0.117. The van der Waals surface area contributed by atoms with E-state index in [2.05, 4.69) is 36.8 Å². The molecule has 10 heteroatoms. The van der Waals surface area contributed by atoms with Gasteiger partial charge in [-0.2, -0.15) is 8.42 Å². The largest absolute Gasteiger partial charge is 0.377 e. The Morgan fingerprint density at radius 3 is 1.89 bits per heavy atom. The number of hydrogen-bond donors (Lipinski definition) is 0. The van der Waals surface area contributed by atoms with E-state index >= 15 is 0 Å². The summed E-state index contributed by atoms with van der Waals surface area (Å²) in [7, 11) is -2.18. The van der Waals surface area contributed by atoms with Crippen molar-refractivity contribution in [3.05, 3.63) is 78.5 Å². The molecule has 0 saturated heterocycles. The minimum Gasteiger partial charge on any atom is -0.377 e. The zero-order valence-corrected chi connectivity index (χ0v) is 24.1. The molecule has 0 saturated carbocycles. The van der Waals surface area contributed by atoms with Crippen LogP contribution in [-0.4, -0.2) is 31.9 Å². The van der Waals surface area contributed by atoms with E-state index in [9.17, 15) is 18.0 Å². The number of hydrogen-bond acceptors (Lipinski definition) is 6. The normalized spacial score (nSPS) is 18.9. The van der Waals surface area contributed by atoms with Crippen molar-refractivity contribution in [1.82, 2.24) is 4.90 Å². The fourth-order valence-corrected chi connectivity index (χ4v) is 7.96. The van der Waals surface area contributed by atoms with Crippen LogP contribution in [0, 0.1) is 0 Å². The van der Waals surface area contributed by atoms with Gasteiger partial charge in [-0.15, -0.1) is 0 Å². The molecule has 0 spiro atoms. The van der Waals surface area contributed by atoms with Crippen LogP contribution in [0.4, 0.5) is 0 Å². The standard InChI is InChI=1S/C26H22Br2ClNO5S/c1-30-19-4-2-6-21(31)24(19)23(25-20(30)5-3-7-22(25)32)14-12-17(27)26(18(28)13-14)35-36(33,34)16-10-8-15(29)9-11-16/h8-13,23H,2-7H2,1H3.